The van der Waals surface area contributed by atoms with Crippen LogP contribution in [-0.2, 0) is 21.2 Å². The van der Waals surface area contributed by atoms with Crippen LogP contribution in [-0.4, -0.2) is 25.9 Å². The van der Waals surface area contributed by atoms with E-state index in [9.17, 15) is 21.6 Å². The van der Waals surface area contributed by atoms with Gasteiger partial charge in [0.25, 0.3) is 15.2 Å². The number of benzene rings is 1. The van der Waals surface area contributed by atoms with Crippen molar-refractivity contribution in [2.24, 2.45) is 0 Å². The van der Waals surface area contributed by atoms with Crippen molar-refractivity contribution in [2.45, 2.75) is 22.9 Å². The summed E-state index contributed by atoms with van der Waals surface area (Å²) in [5.41, 5.74) is 0.743. The van der Waals surface area contributed by atoms with Crippen molar-refractivity contribution in [3.63, 3.8) is 0 Å². The number of nitrogens with one attached hydrogen (secondary N) is 2. The molecule has 2 aromatic rings. The van der Waals surface area contributed by atoms with Crippen LogP contribution in [0.5, 0.6) is 0 Å². The molecule has 0 aliphatic carbocycles. The largest absolute Gasteiger partial charge is 0.457 e. The molecule has 0 saturated carbocycles. The summed E-state index contributed by atoms with van der Waals surface area (Å²) in [7, 11) is -3.79. The van der Waals surface area contributed by atoms with Gasteiger partial charge in [0.2, 0.25) is 6.10 Å². The number of thiophene rings is 1. The number of anilines is 2. The minimum absolute atomic E-state index is 0.109. The fourth-order valence-corrected chi connectivity index (χ4v) is 4.53. The highest BCUT2D eigenvalue weighted by atomic mass is 32.2. The Kier molecular flexibility index (Phi) is 4.64. The maximum Gasteiger partial charge on any atom is 0.425 e. The van der Waals surface area contributed by atoms with Gasteiger partial charge in [0.05, 0.1) is 0 Å². The molecule has 1 unspecified atom stereocenters. The monoisotopic (exact) mass is 408 g/mol. The number of ether oxygens (including phenoxy) is 1. The highest BCUT2D eigenvalue weighted by Crippen LogP contribution is 2.33. The zero-order chi connectivity index (χ0) is 18.2. The van der Waals surface area contributed by atoms with E-state index in [0.29, 0.717) is 5.69 Å². The van der Waals surface area contributed by atoms with Crippen molar-refractivity contribution < 1.29 is 26.3 Å². The first-order valence-corrected chi connectivity index (χ1v) is 9.66. The normalized spacial score (nSPS) is 17.9. The smallest absolute Gasteiger partial charge is 0.425 e. The van der Waals surface area contributed by atoms with Crippen LogP contribution < -0.4 is 10.0 Å². The lowest BCUT2D eigenvalue weighted by Crippen LogP contribution is -2.35. The number of thiocarbonyl (C=S) groups is 1. The molecule has 134 valence electrons. The van der Waals surface area contributed by atoms with E-state index in [2.05, 4.69) is 10.0 Å². The number of hydrogen-bond donors (Lipinski definition) is 2. The average Bonchev–Trinajstić information content (AvgIpc) is 2.97. The maximum absolute atomic E-state index is 13.0. The van der Waals surface area contributed by atoms with Gasteiger partial charge in [0, 0.05) is 17.8 Å². The first-order valence-electron chi connectivity index (χ1n) is 6.89. The third kappa shape index (κ3) is 4.05. The average molecular weight is 408 g/mol. The number of rotatable bonds is 3. The van der Waals surface area contributed by atoms with Crippen LogP contribution in [0.3, 0.4) is 0 Å². The zero-order valence-corrected chi connectivity index (χ0v) is 14.8. The van der Waals surface area contributed by atoms with Gasteiger partial charge >= 0.3 is 6.18 Å². The molecule has 1 atom stereocenters. The van der Waals surface area contributed by atoms with Gasteiger partial charge in [-0.25, -0.2) is 8.42 Å². The van der Waals surface area contributed by atoms with Crippen LogP contribution in [0.25, 0.3) is 0 Å². The lowest BCUT2D eigenvalue weighted by atomic mass is 10.0. The molecule has 2 heterocycles. The van der Waals surface area contributed by atoms with E-state index < -0.39 is 28.7 Å². The van der Waals surface area contributed by atoms with Crippen molar-refractivity contribution in [1.29, 1.82) is 0 Å². The molecule has 0 amide bonds. The molecule has 1 aliphatic heterocycles. The maximum atomic E-state index is 13.0. The van der Waals surface area contributed by atoms with Crippen LogP contribution in [0.1, 0.15) is 5.56 Å². The zero-order valence-electron chi connectivity index (χ0n) is 12.3. The van der Waals surface area contributed by atoms with Gasteiger partial charge in [-0.05, 0) is 47.4 Å². The summed E-state index contributed by atoms with van der Waals surface area (Å²) < 4.78 is 70.7. The quantitative estimate of drug-likeness (QED) is 0.758. The number of halogens is 3. The van der Waals surface area contributed by atoms with Gasteiger partial charge in [0.15, 0.2) is 0 Å². The molecule has 0 saturated heterocycles. The molecule has 3 rings (SSSR count). The molecule has 0 fully saturated rings. The Morgan fingerprint density at radius 2 is 2.08 bits per heavy atom. The van der Waals surface area contributed by atoms with Crippen LogP contribution in [0.2, 0.25) is 0 Å². The molecule has 0 bridgehead atoms. The lowest BCUT2D eigenvalue weighted by molar-refractivity contribution is -0.197. The van der Waals surface area contributed by atoms with Crippen LogP contribution >= 0.6 is 23.6 Å². The van der Waals surface area contributed by atoms with Crippen LogP contribution in [0.4, 0.5) is 24.5 Å². The van der Waals surface area contributed by atoms with Gasteiger partial charge in [-0.3, -0.25) is 4.72 Å². The van der Waals surface area contributed by atoms with E-state index in [-0.39, 0.29) is 20.6 Å². The summed E-state index contributed by atoms with van der Waals surface area (Å²) in [6, 6.07) is 7.25. The number of sulfonamides is 1. The summed E-state index contributed by atoms with van der Waals surface area (Å²) in [5, 5.41) is 3.81. The van der Waals surface area contributed by atoms with Crippen molar-refractivity contribution in [2.75, 3.05) is 10.0 Å². The Hall–Kier alpha value is -1.85. The summed E-state index contributed by atoms with van der Waals surface area (Å²) in [5.74, 6) is 0. The molecule has 11 heteroatoms. The highest BCUT2D eigenvalue weighted by molar-refractivity contribution is 7.94. The van der Waals surface area contributed by atoms with Crippen LogP contribution in [0.15, 0.2) is 39.9 Å². The summed E-state index contributed by atoms with van der Waals surface area (Å²) >= 11 is 5.78. The SMILES string of the molecule is O=S(=O)(Nc1ccc2c(c1)CC(C(F)(F)F)OC(=S)N2)c1cccs1. The molecule has 1 aromatic carbocycles. The molecule has 25 heavy (non-hydrogen) atoms. The molecular weight excluding hydrogens is 397 g/mol. The van der Waals surface area contributed by atoms with Gasteiger partial charge < -0.3 is 10.1 Å². The Labute approximate surface area is 150 Å². The van der Waals surface area contributed by atoms with Gasteiger partial charge in [0.1, 0.15) is 4.21 Å². The van der Waals surface area contributed by atoms with Gasteiger partial charge in [-0.1, -0.05) is 6.07 Å². The molecule has 0 spiro atoms. The Bertz CT molecular complexity index is 896. The van der Waals surface area contributed by atoms with Crippen molar-refractivity contribution in [1.82, 2.24) is 0 Å². The lowest BCUT2D eigenvalue weighted by Gasteiger charge is -2.19. The Morgan fingerprint density at radius 1 is 1.32 bits per heavy atom. The number of hydrogen-bond acceptors (Lipinski definition) is 5. The third-order valence-electron chi connectivity index (χ3n) is 3.37. The summed E-state index contributed by atoms with van der Waals surface area (Å²) in [6.07, 6.45) is -7.18. The predicted octanol–water partition coefficient (Wildman–Crippen LogP) is 3.75. The van der Waals surface area contributed by atoms with E-state index in [1.807, 2.05) is 0 Å². The second kappa shape index (κ2) is 6.46. The first kappa shape index (κ1) is 18.0. The van der Waals surface area contributed by atoms with Crippen LogP contribution in [0, 0.1) is 0 Å². The standard InChI is InChI=1S/C14H11F3N2O3S3/c15-14(16,17)11-7-8-6-9(3-4-10(8)18-13(23)22-11)19-25(20,21)12-2-1-5-24-12/h1-6,11,19H,7H2,(H,18,23). The minimum atomic E-state index is -4.60. The topological polar surface area (TPSA) is 67.4 Å². The molecule has 0 radical (unpaired) electrons. The van der Waals surface area contributed by atoms with Gasteiger partial charge in [-0.2, -0.15) is 13.2 Å². The fourth-order valence-electron chi connectivity index (χ4n) is 2.26. The third-order valence-corrected chi connectivity index (χ3v) is 6.35. The van der Waals surface area contributed by atoms with E-state index in [4.69, 9.17) is 17.0 Å². The molecule has 1 aromatic heterocycles. The van der Waals surface area contributed by atoms with E-state index in [1.54, 1.807) is 11.4 Å². The Balaban J connectivity index is 1.91. The van der Waals surface area contributed by atoms with Crippen molar-refractivity contribution in [3.8, 4) is 0 Å². The van der Waals surface area contributed by atoms with E-state index in [0.717, 1.165) is 11.3 Å². The fraction of sp³-hybridized carbons (Fsp3) is 0.214. The molecule has 2 N–H and O–H groups in total. The minimum Gasteiger partial charge on any atom is -0.457 e. The van der Waals surface area contributed by atoms with Gasteiger partial charge in [-0.15, -0.1) is 11.3 Å². The van der Waals surface area contributed by atoms with Crippen molar-refractivity contribution in [3.05, 3.63) is 41.3 Å². The molecular formula is C14H11F3N2O3S3. The number of fused-ring (bicyclic) bond motifs is 1. The molecule has 1 aliphatic rings. The van der Waals surface area contributed by atoms with E-state index >= 15 is 0 Å². The number of alkyl halides is 3. The second-order valence-electron chi connectivity index (χ2n) is 5.17. The van der Waals surface area contributed by atoms with E-state index in [1.165, 1.54) is 24.3 Å². The highest BCUT2D eigenvalue weighted by Gasteiger charge is 2.43. The Morgan fingerprint density at radius 3 is 2.72 bits per heavy atom. The predicted molar refractivity (Wildman–Crippen MR) is 92.4 cm³/mol. The molecule has 5 nitrogen and oxygen atoms in total. The summed E-state index contributed by atoms with van der Waals surface area (Å²) in [6.45, 7) is 0. The second-order valence-corrected chi connectivity index (χ2v) is 8.40. The first-order chi connectivity index (χ1) is 11.6. The van der Waals surface area contributed by atoms with Crippen molar-refractivity contribution >= 4 is 50.1 Å². The summed E-state index contributed by atoms with van der Waals surface area (Å²) in [4.78, 5) is 0.